The fourth-order valence-electron chi connectivity index (χ4n) is 3.25. The van der Waals surface area contributed by atoms with Crippen LogP contribution < -0.4 is 10.2 Å². The summed E-state index contributed by atoms with van der Waals surface area (Å²) in [5.41, 5.74) is -0.236. The van der Waals surface area contributed by atoms with Crippen molar-refractivity contribution in [1.82, 2.24) is 10.2 Å². The lowest BCUT2D eigenvalue weighted by atomic mass is 10.0. The van der Waals surface area contributed by atoms with Crippen LogP contribution in [0.5, 0.6) is 0 Å². The Labute approximate surface area is 148 Å². The van der Waals surface area contributed by atoms with Gasteiger partial charge in [0, 0.05) is 37.4 Å². The Morgan fingerprint density at radius 2 is 1.60 bits per heavy atom. The number of nitrogens with zero attached hydrogens (tertiary/aromatic N) is 2. The predicted molar refractivity (Wildman–Crippen MR) is 94.8 cm³/mol. The standard InChI is InChI=1S/C19H26FN3O2/c1-18(2,3)21-16(24)19(8-9-19)17(25)23-12-10-22(11-13-23)15-6-4-14(20)5-7-15/h4-7H,8-13H2,1-3H3,(H,21,24). The third-order valence-electron chi connectivity index (χ3n) is 4.84. The average Bonchev–Trinajstić information content (AvgIpc) is 3.35. The van der Waals surface area contributed by atoms with E-state index in [2.05, 4.69) is 10.2 Å². The number of nitrogens with one attached hydrogen (secondary N) is 1. The van der Waals surface area contributed by atoms with Gasteiger partial charge in [-0.25, -0.2) is 4.39 Å². The van der Waals surface area contributed by atoms with Gasteiger partial charge in [0.25, 0.3) is 0 Å². The van der Waals surface area contributed by atoms with Gasteiger partial charge in [0.15, 0.2) is 0 Å². The Morgan fingerprint density at radius 3 is 2.08 bits per heavy atom. The Bertz CT molecular complexity index is 654. The first-order valence-electron chi connectivity index (χ1n) is 8.84. The van der Waals surface area contributed by atoms with E-state index in [1.54, 1.807) is 17.0 Å². The number of piperazine rings is 1. The van der Waals surface area contributed by atoms with Gasteiger partial charge in [0.2, 0.25) is 11.8 Å². The molecule has 3 rings (SSSR count). The predicted octanol–water partition coefficient (Wildman–Crippen LogP) is 2.17. The van der Waals surface area contributed by atoms with E-state index in [0.717, 1.165) is 5.69 Å². The topological polar surface area (TPSA) is 52.7 Å². The van der Waals surface area contributed by atoms with Crippen molar-refractivity contribution in [3.63, 3.8) is 0 Å². The second-order valence-corrected chi connectivity index (χ2v) is 8.04. The average molecular weight is 347 g/mol. The van der Waals surface area contributed by atoms with Crippen molar-refractivity contribution in [1.29, 1.82) is 0 Å². The van der Waals surface area contributed by atoms with E-state index in [0.29, 0.717) is 39.0 Å². The van der Waals surface area contributed by atoms with Crippen LogP contribution in [0.1, 0.15) is 33.6 Å². The summed E-state index contributed by atoms with van der Waals surface area (Å²) in [5.74, 6) is -0.447. The van der Waals surface area contributed by atoms with Crippen molar-refractivity contribution < 1.29 is 14.0 Å². The van der Waals surface area contributed by atoms with Crippen LogP contribution in [0, 0.1) is 11.2 Å². The second-order valence-electron chi connectivity index (χ2n) is 8.04. The highest BCUT2D eigenvalue weighted by molar-refractivity contribution is 6.08. The van der Waals surface area contributed by atoms with Gasteiger partial charge in [-0.15, -0.1) is 0 Å². The van der Waals surface area contributed by atoms with Crippen molar-refractivity contribution in [2.75, 3.05) is 31.1 Å². The number of hydrogen-bond acceptors (Lipinski definition) is 3. The molecule has 1 saturated heterocycles. The zero-order valence-electron chi connectivity index (χ0n) is 15.1. The van der Waals surface area contributed by atoms with Gasteiger partial charge in [-0.3, -0.25) is 9.59 Å². The molecule has 1 aromatic rings. The fourth-order valence-corrected chi connectivity index (χ4v) is 3.25. The lowest BCUT2D eigenvalue weighted by Gasteiger charge is -2.38. The summed E-state index contributed by atoms with van der Waals surface area (Å²) in [4.78, 5) is 29.4. The van der Waals surface area contributed by atoms with Crippen LogP contribution in [0.15, 0.2) is 24.3 Å². The molecule has 25 heavy (non-hydrogen) atoms. The maximum absolute atomic E-state index is 13.0. The highest BCUT2D eigenvalue weighted by Crippen LogP contribution is 2.48. The molecule has 1 aromatic carbocycles. The van der Waals surface area contributed by atoms with Gasteiger partial charge in [-0.1, -0.05) is 0 Å². The molecule has 136 valence electrons. The van der Waals surface area contributed by atoms with Crippen LogP contribution in [0.2, 0.25) is 0 Å². The minimum absolute atomic E-state index is 0.0481. The van der Waals surface area contributed by atoms with Gasteiger partial charge in [-0.2, -0.15) is 0 Å². The Morgan fingerprint density at radius 1 is 1.04 bits per heavy atom. The number of carbonyl (C=O) groups excluding carboxylic acids is 2. The normalized spacial score (nSPS) is 19.5. The molecule has 2 amide bonds. The second kappa shape index (κ2) is 6.32. The first-order chi connectivity index (χ1) is 11.7. The summed E-state index contributed by atoms with van der Waals surface area (Å²) in [6.45, 7) is 8.32. The van der Waals surface area contributed by atoms with Crippen LogP contribution in [-0.2, 0) is 9.59 Å². The maximum atomic E-state index is 13.0. The van der Waals surface area contributed by atoms with Crippen LogP contribution in [-0.4, -0.2) is 48.4 Å². The summed E-state index contributed by atoms with van der Waals surface area (Å²) in [6.07, 6.45) is 1.26. The van der Waals surface area contributed by atoms with E-state index in [1.807, 2.05) is 20.8 Å². The van der Waals surface area contributed by atoms with E-state index in [4.69, 9.17) is 0 Å². The molecule has 1 heterocycles. The zero-order chi connectivity index (χ0) is 18.2. The van der Waals surface area contributed by atoms with E-state index in [-0.39, 0.29) is 23.2 Å². The maximum Gasteiger partial charge on any atom is 0.238 e. The van der Waals surface area contributed by atoms with Crippen molar-refractivity contribution in [3.05, 3.63) is 30.1 Å². The minimum atomic E-state index is -0.856. The summed E-state index contributed by atoms with van der Waals surface area (Å²) < 4.78 is 13.0. The molecule has 5 nitrogen and oxygen atoms in total. The third-order valence-corrected chi connectivity index (χ3v) is 4.84. The van der Waals surface area contributed by atoms with E-state index in [9.17, 15) is 14.0 Å². The van der Waals surface area contributed by atoms with Crippen LogP contribution in [0.4, 0.5) is 10.1 Å². The molecule has 6 heteroatoms. The minimum Gasteiger partial charge on any atom is -0.368 e. The van der Waals surface area contributed by atoms with Crippen molar-refractivity contribution >= 4 is 17.5 Å². The molecule has 0 aromatic heterocycles. The number of carbonyl (C=O) groups is 2. The summed E-state index contributed by atoms with van der Waals surface area (Å²) in [7, 11) is 0. The largest absolute Gasteiger partial charge is 0.368 e. The lowest BCUT2D eigenvalue weighted by molar-refractivity contribution is -0.145. The van der Waals surface area contributed by atoms with Crippen LogP contribution in [0.3, 0.4) is 0 Å². The van der Waals surface area contributed by atoms with E-state index in [1.165, 1.54) is 12.1 Å². The van der Waals surface area contributed by atoms with Gasteiger partial charge in [-0.05, 0) is 57.9 Å². The summed E-state index contributed by atoms with van der Waals surface area (Å²) >= 11 is 0. The molecule has 0 unspecified atom stereocenters. The smallest absolute Gasteiger partial charge is 0.238 e. The molecule has 0 atom stereocenters. The number of anilines is 1. The highest BCUT2D eigenvalue weighted by atomic mass is 19.1. The molecule has 1 N–H and O–H groups in total. The fraction of sp³-hybridized carbons (Fsp3) is 0.579. The van der Waals surface area contributed by atoms with E-state index >= 15 is 0 Å². The Kier molecular flexibility index (Phi) is 4.47. The molecular formula is C19H26FN3O2. The molecule has 2 aliphatic rings. The molecule has 1 aliphatic heterocycles. The number of benzene rings is 1. The van der Waals surface area contributed by atoms with Crippen LogP contribution >= 0.6 is 0 Å². The van der Waals surface area contributed by atoms with Gasteiger partial charge < -0.3 is 15.1 Å². The Hall–Kier alpha value is -2.11. The molecule has 1 saturated carbocycles. The SMILES string of the molecule is CC(C)(C)NC(=O)C1(C(=O)N2CCN(c3ccc(F)cc3)CC2)CC1. The summed E-state index contributed by atoms with van der Waals surface area (Å²) in [6, 6.07) is 6.41. The first-order valence-corrected chi connectivity index (χ1v) is 8.84. The van der Waals surface area contributed by atoms with Gasteiger partial charge in [0.05, 0.1) is 0 Å². The van der Waals surface area contributed by atoms with Crippen molar-refractivity contribution in [3.8, 4) is 0 Å². The third kappa shape index (κ3) is 3.78. The van der Waals surface area contributed by atoms with E-state index < -0.39 is 5.41 Å². The summed E-state index contributed by atoms with van der Waals surface area (Å²) in [5, 5.41) is 2.95. The molecular weight excluding hydrogens is 321 g/mol. The molecule has 0 bridgehead atoms. The van der Waals surface area contributed by atoms with Crippen LogP contribution in [0.25, 0.3) is 0 Å². The van der Waals surface area contributed by atoms with Gasteiger partial charge >= 0.3 is 0 Å². The number of rotatable bonds is 3. The van der Waals surface area contributed by atoms with Gasteiger partial charge in [0.1, 0.15) is 11.2 Å². The monoisotopic (exact) mass is 347 g/mol. The molecule has 0 spiro atoms. The van der Waals surface area contributed by atoms with Crippen molar-refractivity contribution in [2.45, 2.75) is 39.2 Å². The first kappa shape index (κ1) is 17.7. The highest BCUT2D eigenvalue weighted by Gasteiger charge is 2.58. The van der Waals surface area contributed by atoms with Crippen molar-refractivity contribution in [2.24, 2.45) is 5.41 Å². The molecule has 1 aliphatic carbocycles. The molecule has 2 fully saturated rings. The lowest BCUT2D eigenvalue weighted by Crippen LogP contribution is -2.55. The quantitative estimate of drug-likeness (QED) is 0.853. The zero-order valence-corrected chi connectivity index (χ0v) is 15.1. The Balaban J connectivity index is 1.60. The number of amides is 2. The molecule has 0 radical (unpaired) electrons. The number of halogens is 1. The number of hydrogen-bond donors (Lipinski definition) is 1.